The zero-order chi connectivity index (χ0) is 16.1. The Morgan fingerprint density at radius 1 is 1.05 bits per heavy atom. The van der Waals surface area contributed by atoms with Gasteiger partial charge in [0.05, 0.1) is 0 Å². The summed E-state index contributed by atoms with van der Waals surface area (Å²) in [5.41, 5.74) is 1.81. The second-order valence-corrected chi connectivity index (χ2v) is 5.42. The van der Waals surface area contributed by atoms with Crippen molar-refractivity contribution in [2.45, 2.75) is 32.8 Å². The van der Waals surface area contributed by atoms with Gasteiger partial charge in [0.15, 0.2) is 17.7 Å². The number of carbonyl (C=O) groups is 1. The number of hydrogen-bond acceptors (Lipinski definition) is 2. The molecule has 0 saturated heterocycles. The van der Waals surface area contributed by atoms with Gasteiger partial charge in [-0.1, -0.05) is 44.2 Å². The molecule has 0 aliphatic heterocycles. The largest absolute Gasteiger partial charge is 0.478 e. The Labute approximate surface area is 130 Å². The van der Waals surface area contributed by atoms with Crippen LogP contribution in [-0.2, 0) is 4.79 Å². The highest BCUT2D eigenvalue weighted by atomic mass is 19.1. The van der Waals surface area contributed by atoms with Crippen molar-refractivity contribution in [3.8, 4) is 5.75 Å². The molecule has 1 amide bonds. The number of nitrogens with one attached hydrogen (secondary N) is 1. The maximum atomic E-state index is 13.6. The van der Waals surface area contributed by atoms with Gasteiger partial charge in [0.1, 0.15) is 0 Å². The van der Waals surface area contributed by atoms with E-state index in [1.54, 1.807) is 19.1 Å². The lowest BCUT2D eigenvalue weighted by molar-refractivity contribution is -0.122. The Bertz CT molecular complexity index is 655. The summed E-state index contributed by atoms with van der Waals surface area (Å²) in [5, 5.41) is 2.84. The lowest BCUT2D eigenvalue weighted by Crippen LogP contribution is -2.30. The molecule has 116 valence electrons. The number of amides is 1. The van der Waals surface area contributed by atoms with Gasteiger partial charge in [0, 0.05) is 5.69 Å². The summed E-state index contributed by atoms with van der Waals surface area (Å²) in [6, 6.07) is 13.7. The minimum absolute atomic E-state index is 0.0716. The molecule has 1 atom stereocenters. The van der Waals surface area contributed by atoms with Crippen molar-refractivity contribution in [3.63, 3.8) is 0 Å². The molecule has 0 aliphatic rings. The molecule has 2 rings (SSSR count). The molecule has 0 fully saturated rings. The predicted octanol–water partition coefficient (Wildman–Crippen LogP) is 4.36. The molecule has 2 aromatic rings. The molecule has 3 nitrogen and oxygen atoms in total. The summed E-state index contributed by atoms with van der Waals surface area (Å²) in [6.45, 7) is 5.72. The summed E-state index contributed by atoms with van der Waals surface area (Å²) in [6.07, 6.45) is -0.794. The van der Waals surface area contributed by atoms with E-state index in [0.717, 1.165) is 11.3 Å². The first-order chi connectivity index (χ1) is 10.5. The number of ether oxygens (including phenoxy) is 1. The first-order valence-corrected chi connectivity index (χ1v) is 7.30. The Hall–Kier alpha value is -2.36. The number of halogens is 1. The minimum Gasteiger partial charge on any atom is -0.478 e. The van der Waals surface area contributed by atoms with Crippen molar-refractivity contribution in [1.29, 1.82) is 0 Å². The van der Waals surface area contributed by atoms with Crippen molar-refractivity contribution in [2.24, 2.45) is 0 Å². The third kappa shape index (κ3) is 3.85. The first kappa shape index (κ1) is 16.0. The molecule has 1 unspecified atom stereocenters. The fraction of sp³-hybridized carbons (Fsp3) is 0.278. The molecular formula is C18H20FNO2. The maximum absolute atomic E-state index is 13.6. The van der Waals surface area contributed by atoms with Crippen molar-refractivity contribution in [2.75, 3.05) is 5.32 Å². The van der Waals surface area contributed by atoms with E-state index in [1.807, 2.05) is 24.3 Å². The fourth-order valence-electron chi connectivity index (χ4n) is 2.13. The van der Waals surface area contributed by atoms with E-state index >= 15 is 0 Å². The SMILES string of the molecule is CC(Oc1ccccc1F)C(=O)Nc1ccccc1C(C)C. The van der Waals surface area contributed by atoms with E-state index in [0.29, 0.717) is 5.92 Å². The average Bonchev–Trinajstić information content (AvgIpc) is 2.49. The third-order valence-corrected chi connectivity index (χ3v) is 3.35. The van der Waals surface area contributed by atoms with E-state index in [-0.39, 0.29) is 11.7 Å². The molecular weight excluding hydrogens is 281 g/mol. The topological polar surface area (TPSA) is 38.3 Å². The van der Waals surface area contributed by atoms with Gasteiger partial charge in [-0.2, -0.15) is 0 Å². The van der Waals surface area contributed by atoms with Crippen LogP contribution in [0, 0.1) is 5.82 Å². The van der Waals surface area contributed by atoms with Crippen LogP contribution in [0.25, 0.3) is 0 Å². The molecule has 0 bridgehead atoms. The van der Waals surface area contributed by atoms with E-state index < -0.39 is 11.9 Å². The number of para-hydroxylation sites is 2. The Kier molecular flexibility index (Phi) is 5.15. The number of anilines is 1. The molecule has 0 aliphatic carbocycles. The molecule has 0 aromatic heterocycles. The summed E-state index contributed by atoms with van der Waals surface area (Å²) < 4.78 is 18.9. The smallest absolute Gasteiger partial charge is 0.265 e. The van der Waals surface area contributed by atoms with Gasteiger partial charge in [0.25, 0.3) is 5.91 Å². The van der Waals surface area contributed by atoms with Crippen LogP contribution < -0.4 is 10.1 Å². The monoisotopic (exact) mass is 301 g/mol. The highest BCUT2D eigenvalue weighted by Gasteiger charge is 2.18. The zero-order valence-corrected chi connectivity index (χ0v) is 13.0. The molecule has 0 radical (unpaired) electrons. The summed E-state index contributed by atoms with van der Waals surface area (Å²) in [5.74, 6) is -0.428. The number of hydrogen-bond donors (Lipinski definition) is 1. The van der Waals surface area contributed by atoms with Crippen LogP contribution in [-0.4, -0.2) is 12.0 Å². The van der Waals surface area contributed by atoms with E-state index in [1.165, 1.54) is 12.1 Å². The molecule has 0 spiro atoms. The van der Waals surface area contributed by atoms with Crippen LogP contribution in [0.15, 0.2) is 48.5 Å². The predicted molar refractivity (Wildman–Crippen MR) is 85.7 cm³/mol. The maximum Gasteiger partial charge on any atom is 0.265 e. The van der Waals surface area contributed by atoms with Crippen LogP contribution in [0.3, 0.4) is 0 Å². The van der Waals surface area contributed by atoms with Crippen LogP contribution in [0.5, 0.6) is 5.75 Å². The molecule has 0 saturated carbocycles. The quantitative estimate of drug-likeness (QED) is 0.891. The second-order valence-electron chi connectivity index (χ2n) is 5.42. The molecule has 2 aromatic carbocycles. The van der Waals surface area contributed by atoms with Gasteiger partial charge in [-0.15, -0.1) is 0 Å². The molecule has 4 heteroatoms. The summed E-state index contributed by atoms with van der Waals surface area (Å²) in [7, 11) is 0. The number of carbonyl (C=O) groups excluding carboxylic acids is 1. The normalized spacial score (nSPS) is 12.0. The Balaban J connectivity index is 2.08. The Morgan fingerprint density at radius 2 is 1.68 bits per heavy atom. The van der Waals surface area contributed by atoms with E-state index in [4.69, 9.17) is 4.74 Å². The van der Waals surface area contributed by atoms with E-state index in [9.17, 15) is 9.18 Å². The first-order valence-electron chi connectivity index (χ1n) is 7.30. The van der Waals surface area contributed by atoms with Gasteiger partial charge < -0.3 is 10.1 Å². The van der Waals surface area contributed by atoms with Crippen LogP contribution >= 0.6 is 0 Å². The third-order valence-electron chi connectivity index (χ3n) is 3.35. The van der Waals surface area contributed by atoms with E-state index in [2.05, 4.69) is 19.2 Å². The minimum atomic E-state index is -0.794. The summed E-state index contributed by atoms with van der Waals surface area (Å²) >= 11 is 0. The van der Waals surface area contributed by atoms with Crippen LogP contribution in [0.2, 0.25) is 0 Å². The van der Waals surface area contributed by atoms with Gasteiger partial charge in [0.2, 0.25) is 0 Å². The van der Waals surface area contributed by atoms with Gasteiger partial charge in [-0.3, -0.25) is 4.79 Å². The van der Waals surface area contributed by atoms with Gasteiger partial charge in [-0.05, 0) is 36.6 Å². The van der Waals surface area contributed by atoms with Crippen LogP contribution in [0.4, 0.5) is 10.1 Å². The second kappa shape index (κ2) is 7.07. The summed E-state index contributed by atoms with van der Waals surface area (Å²) in [4.78, 5) is 12.2. The highest BCUT2D eigenvalue weighted by Crippen LogP contribution is 2.24. The number of rotatable bonds is 5. The van der Waals surface area contributed by atoms with Crippen LogP contribution in [0.1, 0.15) is 32.3 Å². The molecule has 0 heterocycles. The highest BCUT2D eigenvalue weighted by molar-refractivity contribution is 5.94. The van der Waals surface area contributed by atoms with Gasteiger partial charge >= 0.3 is 0 Å². The van der Waals surface area contributed by atoms with Gasteiger partial charge in [-0.25, -0.2) is 4.39 Å². The van der Waals surface area contributed by atoms with Crippen molar-refractivity contribution in [3.05, 3.63) is 59.9 Å². The zero-order valence-electron chi connectivity index (χ0n) is 13.0. The lowest BCUT2D eigenvalue weighted by atomic mass is 10.0. The Morgan fingerprint density at radius 3 is 2.36 bits per heavy atom. The fourth-order valence-corrected chi connectivity index (χ4v) is 2.13. The average molecular weight is 301 g/mol. The standard InChI is InChI=1S/C18H20FNO2/c1-12(2)14-8-4-6-10-16(14)20-18(21)13(3)22-17-11-7-5-9-15(17)19/h4-13H,1-3H3,(H,20,21). The molecule has 1 N–H and O–H groups in total. The molecule has 22 heavy (non-hydrogen) atoms. The number of benzene rings is 2. The van der Waals surface area contributed by atoms with Crippen molar-refractivity contribution < 1.29 is 13.9 Å². The van der Waals surface area contributed by atoms with Crippen molar-refractivity contribution >= 4 is 11.6 Å². The lowest BCUT2D eigenvalue weighted by Gasteiger charge is -2.18. The van der Waals surface area contributed by atoms with Crippen molar-refractivity contribution in [1.82, 2.24) is 0 Å².